The first-order valence-electron chi connectivity index (χ1n) is 10.5. The largest absolute Gasteiger partial charge is 0.465 e. The average Bonchev–Trinajstić information content (AvgIpc) is 3.47. The SMILES string of the molecule is COC1(C)CN(C(=O)O)CCN(c2cccc(-n3ncc4cnc(-c5cn[nH]c5)cc43)n2)C1. The van der Waals surface area contributed by atoms with E-state index in [1.165, 1.54) is 4.90 Å². The molecule has 170 valence electrons. The van der Waals surface area contributed by atoms with Crippen molar-refractivity contribution in [3.63, 3.8) is 0 Å². The van der Waals surface area contributed by atoms with Gasteiger partial charge in [-0.25, -0.2) is 14.5 Å². The topological polar surface area (TPSA) is 125 Å². The van der Waals surface area contributed by atoms with Crippen molar-refractivity contribution in [2.75, 3.05) is 38.2 Å². The predicted molar refractivity (Wildman–Crippen MR) is 121 cm³/mol. The Labute approximate surface area is 189 Å². The van der Waals surface area contributed by atoms with Gasteiger partial charge in [0, 0.05) is 50.1 Å². The van der Waals surface area contributed by atoms with Gasteiger partial charge < -0.3 is 19.6 Å². The Balaban J connectivity index is 1.50. The number of hydrogen-bond donors (Lipinski definition) is 2. The Morgan fingerprint density at radius 3 is 2.79 bits per heavy atom. The maximum atomic E-state index is 11.6. The van der Waals surface area contributed by atoms with Crippen LogP contribution in [0, 0.1) is 0 Å². The first-order chi connectivity index (χ1) is 16.0. The molecule has 1 unspecified atom stereocenters. The second-order valence-corrected chi connectivity index (χ2v) is 8.31. The van der Waals surface area contributed by atoms with Gasteiger partial charge >= 0.3 is 6.09 Å². The van der Waals surface area contributed by atoms with E-state index in [4.69, 9.17) is 9.72 Å². The lowest BCUT2D eigenvalue weighted by Crippen LogP contribution is -2.47. The van der Waals surface area contributed by atoms with Gasteiger partial charge in [-0.1, -0.05) is 6.07 Å². The number of aromatic nitrogens is 6. The third-order valence-electron chi connectivity index (χ3n) is 5.96. The van der Waals surface area contributed by atoms with E-state index in [-0.39, 0.29) is 0 Å². The quantitative estimate of drug-likeness (QED) is 0.488. The molecule has 0 bridgehead atoms. The van der Waals surface area contributed by atoms with E-state index in [0.717, 1.165) is 28.0 Å². The van der Waals surface area contributed by atoms with Gasteiger partial charge in [0.05, 0.1) is 30.1 Å². The van der Waals surface area contributed by atoms with Crippen LogP contribution in [0.5, 0.6) is 0 Å². The molecular weight excluding hydrogens is 424 g/mol. The molecule has 33 heavy (non-hydrogen) atoms. The number of rotatable bonds is 4. The number of aromatic amines is 1. The number of anilines is 1. The number of nitrogens with zero attached hydrogens (tertiary/aromatic N) is 7. The van der Waals surface area contributed by atoms with Crippen LogP contribution in [0.15, 0.2) is 49.1 Å². The van der Waals surface area contributed by atoms with Crippen LogP contribution in [0.25, 0.3) is 28.0 Å². The van der Waals surface area contributed by atoms with Crippen LogP contribution in [-0.2, 0) is 4.74 Å². The second kappa shape index (κ2) is 8.17. The van der Waals surface area contributed by atoms with Crippen molar-refractivity contribution in [2.24, 2.45) is 0 Å². The van der Waals surface area contributed by atoms with E-state index in [1.54, 1.807) is 36.6 Å². The van der Waals surface area contributed by atoms with Gasteiger partial charge in [0.1, 0.15) is 11.4 Å². The Morgan fingerprint density at radius 1 is 1.18 bits per heavy atom. The number of pyridine rings is 2. The van der Waals surface area contributed by atoms with Crippen molar-refractivity contribution in [1.29, 1.82) is 0 Å². The third-order valence-corrected chi connectivity index (χ3v) is 5.96. The van der Waals surface area contributed by atoms with Gasteiger partial charge in [0.25, 0.3) is 0 Å². The molecule has 11 heteroatoms. The zero-order valence-corrected chi connectivity index (χ0v) is 18.3. The molecule has 1 fully saturated rings. The standard InChI is InChI=1S/C22H24N8O3/c1-22(33-2)13-28(6-7-29(14-22)21(31)32)19-4-3-5-20(27-19)30-18-8-17(15-10-24-25-11-15)23-9-16(18)12-26-30/h3-5,8-12H,6-7,13-14H2,1-2H3,(H,24,25)(H,31,32). The molecule has 5 heterocycles. The summed E-state index contributed by atoms with van der Waals surface area (Å²) in [4.78, 5) is 24.4. The second-order valence-electron chi connectivity index (χ2n) is 8.31. The number of carbonyl (C=O) groups is 1. The highest BCUT2D eigenvalue weighted by Crippen LogP contribution is 2.25. The summed E-state index contributed by atoms with van der Waals surface area (Å²) < 4.78 is 7.47. The maximum absolute atomic E-state index is 11.6. The fourth-order valence-corrected chi connectivity index (χ4v) is 4.10. The minimum Gasteiger partial charge on any atom is -0.465 e. The van der Waals surface area contributed by atoms with Gasteiger partial charge in [-0.05, 0) is 25.1 Å². The van der Waals surface area contributed by atoms with Crippen molar-refractivity contribution in [1.82, 2.24) is 34.8 Å². The highest BCUT2D eigenvalue weighted by Gasteiger charge is 2.35. The average molecular weight is 448 g/mol. The normalized spacial score (nSPS) is 19.1. The molecular formula is C22H24N8O3. The highest BCUT2D eigenvalue weighted by atomic mass is 16.5. The number of ether oxygens (including phenoxy) is 1. The van der Waals surface area contributed by atoms with E-state index in [1.807, 2.05) is 31.2 Å². The molecule has 1 aliphatic rings. The molecule has 1 amide bonds. The van der Waals surface area contributed by atoms with E-state index >= 15 is 0 Å². The maximum Gasteiger partial charge on any atom is 0.407 e. The van der Waals surface area contributed by atoms with Gasteiger partial charge in [-0.3, -0.25) is 10.1 Å². The Morgan fingerprint density at radius 2 is 2.03 bits per heavy atom. The van der Waals surface area contributed by atoms with Crippen molar-refractivity contribution < 1.29 is 14.6 Å². The summed E-state index contributed by atoms with van der Waals surface area (Å²) >= 11 is 0. The van der Waals surface area contributed by atoms with E-state index in [9.17, 15) is 9.90 Å². The van der Waals surface area contributed by atoms with Gasteiger partial charge in [0.15, 0.2) is 5.82 Å². The minimum atomic E-state index is -0.952. The summed E-state index contributed by atoms with van der Waals surface area (Å²) in [5, 5.41) is 21.8. The Bertz CT molecular complexity index is 1290. The molecule has 5 rings (SSSR count). The number of fused-ring (bicyclic) bond motifs is 1. The zero-order valence-electron chi connectivity index (χ0n) is 18.3. The first kappa shape index (κ1) is 20.9. The summed E-state index contributed by atoms with van der Waals surface area (Å²) in [7, 11) is 1.61. The zero-order chi connectivity index (χ0) is 23.0. The van der Waals surface area contributed by atoms with Crippen LogP contribution < -0.4 is 4.90 Å². The molecule has 0 saturated carbocycles. The number of H-pyrrole nitrogens is 1. The van der Waals surface area contributed by atoms with E-state index in [2.05, 4.69) is 25.2 Å². The van der Waals surface area contributed by atoms with Crippen LogP contribution in [0.3, 0.4) is 0 Å². The summed E-state index contributed by atoms with van der Waals surface area (Å²) in [6.07, 6.45) is 6.10. The monoisotopic (exact) mass is 448 g/mol. The van der Waals surface area contributed by atoms with Crippen molar-refractivity contribution >= 4 is 22.8 Å². The molecule has 0 aromatic carbocycles. The number of amides is 1. The fraction of sp³-hybridized carbons (Fsp3) is 0.318. The molecule has 1 saturated heterocycles. The summed E-state index contributed by atoms with van der Waals surface area (Å²) in [6.45, 7) is 3.60. The lowest BCUT2D eigenvalue weighted by atomic mass is 10.1. The predicted octanol–water partition coefficient (Wildman–Crippen LogP) is 2.41. The van der Waals surface area contributed by atoms with Crippen LogP contribution in [0.1, 0.15) is 6.92 Å². The lowest BCUT2D eigenvalue weighted by Gasteiger charge is -2.33. The van der Waals surface area contributed by atoms with Gasteiger partial charge in [-0.2, -0.15) is 10.2 Å². The van der Waals surface area contributed by atoms with Crippen LogP contribution in [0.4, 0.5) is 10.6 Å². The molecule has 1 atom stereocenters. The molecule has 0 spiro atoms. The van der Waals surface area contributed by atoms with E-state index in [0.29, 0.717) is 32.0 Å². The Hall–Kier alpha value is -3.99. The molecule has 11 nitrogen and oxygen atoms in total. The highest BCUT2D eigenvalue weighted by molar-refractivity contribution is 5.83. The van der Waals surface area contributed by atoms with Crippen molar-refractivity contribution in [2.45, 2.75) is 12.5 Å². The van der Waals surface area contributed by atoms with E-state index < -0.39 is 11.7 Å². The molecule has 1 aliphatic heterocycles. The molecule has 2 N–H and O–H groups in total. The van der Waals surface area contributed by atoms with Crippen molar-refractivity contribution in [3.05, 3.63) is 49.1 Å². The number of hydrogen-bond acceptors (Lipinski definition) is 7. The number of carboxylic acid groups (broad SMARTS) is 1. The van der Waals surface area contributed by atoms with Gasteiger partial charge in [-0.15, -0.1) is 0 Å². The smallest absolute Gasteiger partial charge is 0.407 e. The summed E-state index contributed by atoms with van der Waals surface area (Å²) in [5.74, 6) is 1.39. The van der Waals surface area contributed by atoms with Crippen LogP contribution in [0.2, 0.25) is 0 Å². The number of methoxy groups -OCH3 is 1. The lowest BCUT2D eigenvalue weighted by molar-refractivity contribution is -0.00513. The number of nitrogens with one attached hydrogen (secondary N) is 1. The van der Waals surface area contributed by atoms with Crippen LogP contribution >= 0.6 is 0 Å². The minimum absolute atomic E-state index is 0.294. The van der Waals surface area contributed by atoms with Crippen LogP contribution in [-0.4, -0.2) is 84.9 Å². The molecule has 4 aromatic heterocycles. The fourth-order valence-electron chi connectivity index (χ4n) is 4.10. The van der Waals surface area contributed by atoms with Gasteiger partial charge in [0.2, 0.25) is 0 Å². The molecule has 0 aliphatic carbocycles. The van der Waals surface area contributed by atoms with Crippen molar-refractivity contribution in [3.8, 4) is 17.1 Å². The third kappa shape index (κ3) is 3.98. The molecule has 0 radical (unpaired) electrons. The molecule has 4 aromatic rings. The Kier molecular flexibility index (Phi) is 5.17. The summed E-state index contributed by atoms with van der Waals surface area (Å²) in [6, 6.07) is 7.69. The summed E-state index contributed by atoms with van der Waals surface area (Å²) in [5.41, 5.74) is 1.89. The first-order valence-corrected chi connectivity index (χ1v) is 10.5.